The Morgan fingerprint density at radius 2 is 1.42 bits per heavy atom. The van der Waals surface area contributed by atoms with Crippen molar-refractivity contribution in [1.29, 1.82) is 0 Å². The molecular weight excluding hydrogens is 324 g/mol. The van der Waals surface area contributed by atoms with Gasteiger partial charge in [0, 0.05) is 28.1 Å². The third kappa shape index (κ3) is 3.81. The van der Waals surface area contributed by atoms with Crippen molar-refractivity contribution in [2.75, 3.05) is 11.1 Å². The lowest BCUT2D eigenvalue weighted by molar-refractivity contribution is 0.102. The Kier molecular flexibility index (Phi) is 4.85. The maximum atomic E-state index is 12.7. The number of carbonyl (C=O) groups is 2. The number of aryl methyl sites for hydroxylation is 2. The van der Waals surface area contributed by atoms with Crippen LogP contribution in [-0.2, 0) is 0 Å². The van der Waals surface area contributed by atoms with Gasteiger partial charge in [-0.1, -0.05) is 17.7 Å². The van der Waals surface area contributed by atoms with Crippen molar-refractivity contribution in [2.45, 2.75) is 13.8 Å². The molecule has 4 nitrogen and oxygen atoms in total. The lowest BCUT2D eigenvalue weighted by Crippen LogP contribution is -2.12. The van der Waals surface area contributed by atoms with Crippen LogP contribution in [0.25, 0.3) is 0 Å². The van der Waals surface area contributed by atoms with Crippen LogP contribution < -0.4 is 11.1 Å². The molecular formula is C22H20N2O2. The highest BCUT2D eigenvalue weighted by atomic mass is 16.1. The zero-order chi connectivity index (χ0) is 18.7. The fraction of sp³-hybridized carbons (Fsp3) is 0.0909. The Hall–Kier alpha value is -3.40. The Bertz CT molecular complexity index is 958. The zero-order valence-electron chi connectivity index (χ0n) is 14.7. The van der Waals surface area contributed by atoms with Gasteiger partial charge in [-0.3, -0.25) is 9.59 Å². The van der Waals surface area contributed by atoms with Gasteiger partial charge in [-0.15, -0.1) is 0 Å². The molecule has 0 atom stereocenters. The summed E-state index contributed by atoms with van der Waals surface area (Å²) in [6, 6.07) is 19.4. The van der Waals surface area contributed by atoms with E-state index in [9.17, 15) is 9.59 Å². The molecule has 0 unspecified atom stereocenters. The van der Waals surface area contributed by atoms with Gasteiger partial charge in [0.25, 0.3) is 5.91 Å². The molecule has 0 aromatic heterocycles. The predicted octanol–water partition coefficient (Wildman–Crippen LogP) is 4.37. The predicted molar refractivity (Wildman–Crippen MR) is 105 cm³/mol. The average Bonchev–Trinajstić information content (AvgIpc) is 2.64. The summed E-state index contributed by atoms with van der Waals surface area (Å²) < 4.78 is 0. The van der Waals surface area contributed by atoms with Crippen LogP contribution in [0.4, 0.5) is 11.4 Å². The summed E-state index contributed by atoms with van der Waals surface area (Å²) in [5, 5.41) is 2.81. The molecule has 0 saturated carbocycles. The van der Waals surface area contributed by atoms with Crippen molar-refractivity contribution < 1.29 is 9.59 Å². The molecule has 3 N–H and O–H groups in total. The van der Waals surface area contributed by atoms with Crippen molar-refractivity contribution in [2.24, 2.45) is 0 Å². The first-order valence-electron chi connectivity index (χ1n) is 8.33. The van der Waals surface area contributed by atoms with E-state index < -0.39 is 0 Å². The van der Waals surface area contributed by atoms with Crippen molar-refractivity contribution >= 4 is 23.1 Å². The molecule has 0 saturated heterocycles. The molecule has 130 valence electrons. The minimum Gasteiger partial charge on any atom is -0.399 e. The molecule has 0 heterocycles. The van der Waals surface area contributed by atoms with E-state index in [-0.39, 0.29) is 11.7 Å². The van der Waals surface area contributed by atoms with Crippen molar-refractivity contribution in [3.8, 4) is 0 Å². The number of nitrogens with one attached hydrogen (secondary N) is 1. The molecule has 26 heavy (non-hydrogen) atoms. The molecule has 0 aliphatic rings. The number of nitrogen functional groups attached to an aromatic ring is 1. The summed E-state index contributed by atoms with van der Waals surface area (Å²) in [7, 11) is 0. The smallest absolute Gasteiger partial charge is 0.255 e. The van der Waals surface area contributed by atoms with Gasteiger partial charge in [-0.2, -0.15) is 0 Å². The number of ketones is 1. The van der Waals surface area contributed by atoms with Gasteiger partial charge in [0.2, 0.25) is 0 Å². The van der Waals surface area contributed by atoms with Crippen LogP contribution in [0.1, 0.15) is 37.4 Å². The number of hydrogen-bond donors (Lipinski definition) is 2. The van der Waals surface area contributed by atoms with Gasteiger partial charge in [-0.25, -0.2) is 0 Å². The quantitative estimate of drug-likeness (QED) is 0.545. The van der Waals surface area contributed by atoms with Crippen LogP contribution in [0, 0.1) is 13.8 Å². The maximum Gasteiger partial charge on any atom is 0.255 e. The number of amides is 1. The monoisotopic (exact) mass is 344 g/mol. The third-order valence-corrected chi connectivity index (χ3v) is 4.22. The molecule has 0 bridgehead atoms. The number of carbonyl (C=O) groups excluding carboxylic acids is 2. The first kappa shape index (κ1) is 17.4. The summed E-state index contributed by atoms with van der Waals surface area (Å²) in [5.41, 5.74) is 10.7. The molecule has 0 fully saturated rings. The molecule has 0 spiro atoms. The summed E-state index contributed by atoms with van der Waals surface area (Å²) >= 11 is 0. The van der Waals surface area contributed by atoms with Crippen LogP contribution in [0.15, 0.2) is 66.7 Å². The Balaban J connectivity index is 1.76. The second-order valence-corrected chi connectivity index (χ2v) is 6.30. The summed E-state index contributed by atoms with van der Waals surface area (Å²) in [4.78, 5) is 24.9. The standard InChI is InChI=1S/C22H20N2O2/c1-14-3-4-15(2)20(13-14)21(25)16-7-11-19(12-8-16)24-22(26)17-5-9-18(23)10-6-17/h3-13H,23H2,1-2H3,(H,24,26). The highest BCUT2D eigenvalue weighted by molar-refractivity contribution is 6.10. The number of rotatable bonds is 4. The fourth-order valence-corrected chi connectivity index (χ4v) is 2.68. The first-order chi connectivity index (χ1) is 12.4. The molecule has 3 aromatic rings. The number of hydrogen-bond acceptors (Lipinski definition) is 3. The van der Waals surface area contributed by atoms with E-state index in [0.717, 1.165) is 11.1 Å². The van der Waals surface area contributed by atoms with Gasteiger partial charge in [0.15, 0.2) is 5.78 Å². The Morgan fingerprint density at radius 1 is 0.808 bits per heavy atom. The molecule has 0 radical (unpaired) electrons. The summed E-state index contributed by atoms with van der Waals surface area (Å²) in [6.07, 6.45) is 0. The Labute approximate surface area is 152 Å². The van der Waals surface area contributed by atoms with Crippen LogP contribution in [-0.4, -0.2) is 11.7 Å². The van der Waals surface area contributed by atoms with E-state index >= 15 is 0 Å². The van der Waals surface area contributed by atoms with Gasteiger partial charge in [0.05, 0.1) is 0 Å². The summed E-state index contributed by atoms with van der Waals surface area (Å²) in [6.45, 7) is 3.89. The molecule has 1 amide bonds. The normalized spacial score (nSPS) is 10.4. The topological polar surface area (TPSA) is 72.2 Å². The Morgan fingerprint density at radius 3 is 2.08 bits per heavy atom. The van der Waals surface area contributed by atoms with E-state index in [1.54, 1.807) is 48.5 Å². The SMILES string of the molecule is Cc1ccc(C)c(C(=O)c2ccc(NC(=O)c3ccc(N)cc3)cc2)c1. The lowest BCUT2D eigenvalue weighted by Gasteiger charge is -2.09. The second kappa shape index (κ2) is 7.23. The van der Waals surface area contributed by atoms with Crippen LogP contribution in [0.3, 0.4) is 0 Å². The third-order valence-electron chi connectivity index (χ3n) is 4.22. The van der Waals surface area contributed by atoms with Gasteiger partial charge < -0.3 is 11.1 Å². The minimum absolute atomic E-state index is 0.0254. The summed E-state index contributed by atoms with van der Waals surface area (Å²) in [5.74, 6) is -0.249. The largest absolute Gasteiger partial charge is 0.399 e. The average molecular weight is 344 g/mol. The molecule has 3 rings (SSSR count). The van der Waals surface area contributed by atoms with E-state index in [2.05, 4.69) is 5.32 Å². The number of nitrogens with two attached hydrogens (primary N) is 1. The van der Waals surface area contributed by atoms with Crippen LogP contribution in [0.5, 0.6) is 0 Å². The van der Waals surface area contributed by atoms with E-state index in [1.807, 2.05) is 32.0 Å². The van der Waals surface area contributed by atoms with Gasteiger partial charge >= 0.3 is 0 Å². The van der Waals surface area contributed by atoms with Crippen LogP contribution in [0.2, 0.25) is 0 Å². The van der Waals surface area contributed by atoms with Gasteiger partial charge in [0.1, 0.15) is 0 Å². The number of anilines is 2. The maximum absolute atomic E-state index is 12.7. The number of benzene rings is 3. The van der Waals surface area contributed by atoms with Crippen molar-refractivity contribution in [3.05, 3.63) is 94.5 Å². The van der Waals surface area contributed by atoms with E-state index in [1.165, 1.54) is 0 Å². The van der Waals surface area contributed by atoms with Crippen molar-refractivity contribution in [3.63, 3.8) is 0 Å². The fourth-order valence-electron chi connectivity index (χ4n) is 2.68. The minimum atomic E-state index is -0.224. The zero-order valence-corrected chi connectivity index (χ0v) is 14.7. The van der Waals surface area contributed by atoms with Gasteiger partial charge in [-0.05, 0) is 74.0 Å². The van der Waals surface area contributed by atoms with E-state index in [4.69, 9.17) is 5.73 Å². The molecule has 0 aliphatic heterocycles. The lowest BCUT2D eigenvalue weighted by atomic mass is 9.97. The highest BCUT2D eigenvalue weighted by Gasteiger charge is 2.12. The second-order valence-electron chi connectivity index (χ2n) is 6.30. The molecule has 4 heteroatoms. The highest BCUT2D eigenvalue weighted by Crippen LogP contribution is 2.18. The van der Waals surface area contributed by atoms with E-state index in [0.29, 0.717) is 28.1 Å². The molecule has 0 aliphatic carbocycles. The van der Waals surface area contributed by atoms with Crippen LogP contribution >= 0.6 is 0 Å². The molecule has 3 aromatic carbocycles. The van der Waals surface area contributed by atoms with Crippen molar-refractivity contribution in [1.82, 2.24) is 0 Å². The first-order valence-corrected chi connectivity index (χ1v) is 8.33.